The Morgan fingerprint density at radius 1 is 0.906 bits per heavy atom. The number of hydrogen-bond acceptors (Lipinski definition) is 7. The predicted octanol–water partition coefficient (Wildman–Crippen LogP) is 3.66. The van der Waals surface area contributed by atoms with Crippen molar-refractivity contribution < 1.29 is 17.9 Å². The van der Waals surface area contributed by atoms with E-state index in [2.05, 4.69) is 34.0 Å². The molecule has 0 saturated carbocycles. The first kappa shape index (κ1) is 22.9. The van der Waals surface area contributed by atoms with Crippen LogP contribution >= 0.6 is 0 Å². The van der Waals surface area contributed by atoms with Crippen molar-refractivity contribution in [3.8, 4) is 11.5 Å². The van der Waals surface area contributed by atoms with Crippen molar-refractivity contribution in [1.29, 1.82) is 0 Å². The maximum atomic E-state index is 11.7. The summed E-state index contributed by atoms with van der Waals surface area (Å²) in [6.07, 6.45) is 9.20. The number of sulfone groups is 1. The Morgan fingerprint density at radius 2 is 1.59 bits per heavy atom. The van der Waals surface area contributed by atoms with Crippen LogP contribution in [0.15, 0.2) is 35.4 Å². The van der Waals surface area contributed by atoms with Crippen LogP contribution in [-0.4, -0.2) is 58.0 Å². The van der Waals surface area contributed by atoms with Crippen LogP contribution in [0.3, 0.4) is 0 Å². The second-order valence-corrected chi connectivity index (χ2v) is 10.9. The molecule has 0 radical (unpaired) electrons. The molecule has 3 heterocycles. The molecule has 7 nitrogen and oxygen atoms in total. The van der Waals surface area contributed by atoms with Gasteiger partial charge in [-0.1, -0.05) is 6.42 Å². The molecule has 1 aromatic carbocycles. The summed E-state index contributed by atoms with van der Waals surface area (Å²) in [7, 11) is -1.06. The zero-order chi connectivity index (χ0) is 22.6. The predicted molar refractivity (Wildman–Crippen MR) is 125 cm³/mol. The highest BCUT2D eigenvalue weighted by molar-refractivity contribution is 7.90. The SMILES string of the molecule is CN1CCCCN(c2ccc(S(C)(=O)=O)cn2)CCCCCc2cc3c(cc2C1)OCO3. The Hall–Kier alpha value is -2.32. The van der Waals surface area contributed by atoms with Crippen molar-refractivity contribution in [3.05, 3.63) is 41.6 Å². The quantitative estimate of drug-likeness (QED) is 0.679. The van der Waals surface area contributed by atoms with Crippen molar-refractivity contribution in [2.75, 3.05) is 44.6 Å². The summed E-state index contributed by atoms with van der Waals surface area (Å²) in [6, 6.07) is 7.83. The Balaban J connectivity index is 1.45. The van der Waals surface area contributed by atoms with E-state index >= 15 is 0 Å². The van der Waals surface area contributed by atoms with Gasteiger partial charge in [0.25, 0.3) is 0 Å². The number of hydrogen-bond donors (Lipinski definition) is 0. The molecule has 8 heteroatoms. The van der Waals surface area contributed by atoms with Gasteiger partial charge in [-0.25, -0.2) is 13.4 Å². The van der Waals surface area contributed by atoms with Gasteiger partial charge in [0, 0.05) is 32.1 Å². The highest BCUT2D eigenvalue weighted by atomic mass is 32.2. The molecule has 32 heavy (non-hydrogen) atoms. The van der Waals surface area contributed by atoms with Gasteiger partial charge in [-0.15, -0.1) is 0 Å². The third-order valence-corrected chi connectivity index (χ3v) is 7.30. The first-order chi connectivity index (χ1) is 15.4. The van der Waals surface area contributed by atoms with E-state index < -0.39 is 9.84 Å². The molecule has 4 rings (SSSR count). The minimum Gasteiger partial charge on any atom is -0.454 e. The highest BCUT2D eigenvalue weighted by Gasteiger charge is 2.18. The lowest BCUT2D eigenvalue weighted by molar-refractivity contribution is 0.174. The first-order valence-electron chi connectivity index (χ1n) is 11.4. The molecule has 0 saturated heterocycles. The monoisotopic (exact) mass is 459 g/mol. The molecule has 0 bridgehead atoms. The van der Waals surface area contributed by atoms with E-state index in [1.165, 1.54) is 23.6 Å². The molecule has 0 aliphatic carbocycles. The van der Waals surface area contributed by atoms with E-state index in [9.17, 15) is 8.42 Å². The van der Waals surface area contributed by atoms with Gasteiger partial charge in [-0.3, -0.25) is 0 Å². The van der Waals surface area contributed by atoms with Gasteiger partial charge < -0.3 is 19.3 Å². The van der Waals surface area contributed by atoms with E-state index in [1.807, 2.05) is 6.07 Å². The fourth-order valence-electron chi connectivity index (χ4n) is 4.37. The van der Waals surface area contributed by atoms with Crippen LogP contribution in [0.2, 0.25) is 0 Å². The van der Waals surface area contributed by atoms with Crippen LogP contribution in [0.4, 0.5) is 5.82 Å². The fraction of sp³-hybridized carbons (Fsp3) is 0.542. The molecule has 0 fully saturated rings. The number of rotatable bonds is 2. The Morgan fingerprint density at radius 3 is 2.28 bits per heavy atom. The number of fused-ring (bicyclic) bond motifs is 2. The molecule has 2 aliphatic rings. The lowest BCUT2D eigenvalue weighted by Gasteiger charge is -2.25. The maximum Gasteiger partial charge on any atom is 0.231 e. The van der Waals surface area contributed by atoms with Gasteiger partial charge in [0.2, 0.25) is 6.79 Å². The fourth-order valence-corrected chi connectivity index (χ4v) is 4.93. The van der Waals surface area contributed by atoms with E-state index in [1.54, 1.807) is 6.07 Å². The van der Waals surface area contributed by atoms with Crippen LogP contribution in [0.1, 0.15) is 43.2 Å². The van der Waals surface area contributed by atoms with E-state index in [0.29, 0.717) is 6.79 Å². The molecule has 0 amide bonds. The lowest BCUT2D eigenvalue weighted by Crippen LogP contribution is -2.28. The van der Waals surface area contributed by atoms with Crippen LogP contribution < -0.4 is 14.4 Å². The molecule has 0 atom stereocenters. The molecule has 0 unspecified atom stereocenters. The first-order valence-corrected chi connectivity index (χ1v) is 13.3. The van der Waals surface area contributed by atoms with Crippen LogP contribution in [-0.2, 0) is 22.8 Å². The van der Waals surface area contributed by atoms with Crippen molar-refractivity contribution in [2.24, 2.45) is 0 Å². The summed E-state index contributed by atoms with van der Waals surface area (Å²) in [5.41, 5.74) is 2.69. The third kappa shape index (κ3) is 5.72. The minimum atomic E-state index is -3.23. The molecular weight excluding hydrogens is 426 g/mol. The number of ether oxygens (including phenoxy) is 2. The zero-order valence-corrected chi connectivity index (χ0v) is 19.9. The highest BCUT2D eigenvalue weighted by Crippen LogP contribution is 2.36. The molecule has 174 valence electrons. The molecule has 0 N–H and O–H groups in total. The lowest BCUT2D eigenvalue weighted by atomic mass is 9.99. The van der Waals surface area contributed by atoms with E-state index in [4.69, 9.17) is 9.47 Å². The smallest absolute Gasteiger partial charge is 0.231 e. The third-order valence-electron chi connectivity index (χ3n) is 6.20. The second-order valence-electron chi connectivity index (χ2n) is 8.84. The van der Waals surface area contributed by atoms with Gasteiger partial charge in [-0.2, -0.15) is 0 Å². The average molecular weight is 460 g/mol. The normalized spacial score (nSPS) is 18.8. The zero-order valence-electron chi connectivity index (χ0n) is 19.0. The summed E-state index contributed by atoms with van der Waals surface area (Å²) in [4.78, 5) is 9.39. The minimum absolute atomic E-state index is 0.268. The summed E-state index contributed by atoms with van der Waals surface area (Å²) in [5.74, 6) is 2.58. The number of nitrogens with zero attached hydrogens (tertiary/aromatic N) is 3. The number of anilines is 1. The summed E-state index contributed by atoms with van der Waals surface area (Å²) < 4.78 is 34.7. The van der Waals surface area contributed by atoms with Gasteiger partial charge in [0.15, 0.2) is 21.3 Å². The van der Waals surface area contributed by atoms with Crippen LogP contribution in [0.25, 0.3) is 0 Å². The van der Waals surface area contributed by atoms with Crippen molar-refractivity contribution in [3.63, 3.8) is 0 Å². The largest absolute Gasteiger partial charge is 0.454 e. The van der Waals surface area contributed by atoms with Gasteiger partial charge in [-0.05, 0) is 81.1 Å². The molecule has 2 aromatic rings. The molecule has 1 aromatic heterocycles. The Bertz CT molecular complexity index is 1020. The summed E-state index contributed by atoms with van der Waals surface area (Å²) in [5, 5.41) is 0. The van der Waals surface area contributed by atoms with E-state index in [0.717, 1.165) is 82.0 Å². The summed E-state index contributed by atoms with van der Waals surface area (Å²) >= 11 is 0. The number of aryl methyl sites for hydroxylation is 1. The van der Waals surface area contributed by atoms with Crippen molar-refractivity contribution in [1.82, 2.24) is 9.88 Å². The number of aromatic nitrogens is 1. The van der Waals surface area contributed by atoms with Crippen molar-refractivity contribution in [2.45, 2.75) is 50.0 Å². The second kappa shape index (κ2) is 10.1. The van der Waals surface area contributed by atoms with Crippen molar-refractivity contribution >= 4 is 15.7 Å². The average Bonchev–Trinajstić information content (AvgIpc) is 3.21. The van der Waals surface area contributed by atoms with Gasteiger partial charge in [0.05, 0.1) is 4.90 Å². The topological polar surface area (TPSA) is 72.0 Å². The molecule has 0 spiro atoms. The van der Waals surface area contributed by atoms with Crippen LogP contribution in [0.5, 0.6) is 11.5 Å². The Kier molecular flexibility index (Phi) is 7.20. The number of pyridine rings is 1. The van der Waals surface area contributed by atoms with Gasteiger partial charge >= 0.3 is 0 Å². The Labute approximate surface area is 191 Å². The summed E-state index contributed by atoms with van der Waals surface area (Å²) in [6.45, 7) is 4.08. The van der Waals surface area contributed by atoms with Crippen LogP contribution in [0, 0.1) is 0 Å². The van der Waals surface area contributed by atoms with Gasteiger partial charge in [0.1, 0.15) is 5.82 Å². The maximum absolute atomic E-state index is 11.7. The number of benzene rings is 1. The standard InChI is InChI=1S/C24H33N3O4S/c1-26-11-6-7-13-27(24-10-9-21(16-25-24)32(2,28)29)12-5-3-4-8-19-14-22-23(31-18-30-22)15-20(19)17-26/h9-10,14-16H,3-8,11-13,17-18H2,1-2H3. The molecular formula is C24H33N3O4S. The molecule has 2 aliphatic heterocycles. The van der Waals surface area contributed by atoms with E-state index in [-0.39, 0.29) is 4.90 Å².